The highest BCUT2D eigenvalue weighted by atomic mass is 32.2. The lowest BCUT2D eigenvalue weighted by atomic mass is 9.86. The highest BCUT2D eigenvalue weighted by Crippen LogP contribution is 2.52. The van der Waals surface area contributed by atoms with Gasteiger partial charge in [-0.25, -0.2) is 5.01 Å². The van der Waals surface area contributed by atoms with Gasteiger partial charge in [0.25, 0.3) is 5.01 Å². The number of rotatable bonds is 2. The van der Waals surface area contributed by atoms with Crippen molar-refractivity contribution in [2.24, 2.45) is 0 Å². The van der Waals surface area contributed by atoms with Gasteiger partial charge in [0.1, 0.15) is 4.70 Å². The Morgan fingerprint density at radius 2 is 1.97 bits per heavy atom. The second kappa shape index (κ2) is 7.45. The molecule has 0 spiro atoms. The molecule has 1 N–H and O–H groups in total. The van der Waals surface area contributed by atoms with Gasteiger partial charge in [-0.3, -0.25) is 10.2 Å². The molecule has 4 aliphatic rings. The van der Waals surface area contributed by atoms with Crippen molar-refractivity contribution in [3.05, 3.63) is 70.2 Å². The lowest BCUT2D eigenvalue weighted by Crippen LogP contribution is -2.61. The quantitative estimate of drug-likeness (QED) is 0.548. The van der Waals surface area contributed by atoms with Gasteiger partial charge in [-0.1, -0.05) is 54.3 Å². The van der Waals surface area contributed by atoms with E-state index in [-0.39, 0.29) is 18.0 Å². The van der Waals surface area contributed by atoms with E-state index in [4.69, 9.17) is 0 Å². The van der Waals surface area contributed by atoms with Crippen molar-refractivity contribution in [3.8, 4) is 0 Å². The normalized spacial score (nSPS) is 23.4. The molecular formula is C26H25N4OS2+. The summed E-state index contributed by atoms with van der Waals surface area (Å²) in [6.45, 7) is 3.89. The number of carbonyl (C=O) groups excluding carboxylic acids is 1. The van der Waals surface area contributed by atoms with E-state index in [0.29, 0.717) is 6.42 Å². The Balaban J connectivity index is 1.43. The molecule has 2 unspecified atom stereocenters. The summed E-state index contributed by atoms with van der Waals surface area (Å²) in [5.41, 5.74) is 8.63. The van der Waals surface area contributed by atoms with E-state index < -0.39 is 0 Å². The van der Waals surface area contributed by atoms with Gasteiger partial charge in [-0.05, 0) is 30.7 Å². The number of para-hydroxylation sites is 2. The summed E-state index contributed by atoms with van der Waals surface area (Å²) in [6, 6.07) is 17.8. The highest BCUT2D eigenvalue weighted by molar-refractivity contribution is 8.03. The Kier molecular flexibility index (Phi) is 4.47. The van der Waals surface area contributed by atoms with Crippen molar-refractivity contribution in [1.29, 1.82) is 0 Å². The van der Waals surface area contributed by atoms with Gasteiger partial charge in [-0.15, -0.1) is 0 Å². The first kappa shape index (κ1) is 19.8. The third-order valence-electron chi connectivity index (χ3n) is 7.24. The van der Waals surface area contributed by atoms with Crippen molar-refractivity contribution in [3.63, 3.8) is 0 Å². The van der Waals surface area contributed by atoms with Gasteiger partial charge < -0.3 is 4.90 Å². The third kappa shape index (κ3) is 2.89. The van der Waals surface area contributed by atoms with Crippen molar-refractivity contribution >= 4 is 50.5 Å². The lowest BCUT2D eigenvalue weighted by Gasteiger charge is -2.46. The molecule has 4 aliphatic heterocycles. The van der Waals surface area contributed by atoms with E-state index in [9.17, 15) is 4.79 Å². The monoisotopic (exact) mass is 473 g/mol. The Hall–Kier alpha value is -2.61. The molecule has 0 aliphatic carbocycles. The average molecular weight is 474 g/mol. The fraction of sp³-hybridized carbons (Fsp3) is 0.308. The van der Waals surface area contributed by atoms with Crippen LogP contribution in [0.3, 0.4) is 0 Å². The number of anilines is 1. The number of aromatic nitrogens is 1. The molecule has 0 saturated heterocycles. The van der Waals surface area contributed by atoms with Crippen molar-refractivity contribution in [2.75, 3.05) is 11.4 Å². The molecule has 5 nitrogen and oxygen atoms in total. The van der Waals surface area contributed by atoms with Crippen LogP contribution >= 0.6 is 23.1 Å². The molecule has 5 heterocycles. The molecule has 2 atom stereocenters. The van der Waals surface area contributed by atoms with Crippen LogP contribution < -0.4 is 14.9 Å². The topological polar surface area (TPSA) is 39.5 Å². The summed E-state index contributed by atoms with van der Waals surface area (Å²) < 4.78 is 3.80. The Morgan fingerprint density at radius 3 is 2.88 bits per heavy atom. The number of hydrogen-bond acceptors (Lipinski definition) is 5. The van der Waals surface area contributed by atoms with E-state index in [1.807, 2.05) is 30.0 Å². The summed E-state index contributed by atoms with van der Waals surface area (Å²) in [6.07, 6.45) is 4.97. The second-order valence-corrected chi connectivity index (χ2v) is 11.1. The van der Waals surface area contributed by atoms with Crippen LogP contribution in [0.5, 0.6) is 0 Å². The van der Waals surface area contributed by atoms with Crippen LogP contribution in [0.2, 0.25) is 0 Å². The zero-order valence-corrected chi connectivity index (χ0v) is 20.1. The minimum atomic E-state index is 0.0974. The number of nitrogens with one attached hydrogen (secondary N) is 1. The number of amides is 1. The first-order chi connectivity index (χ1) is 16.2. The number of carbonyl (C=O) groups is 1. The van der Waals surface area contributed by atoms with E-state index in [1.165, 1.54) is 42.0 Å². The number of benzene rings is 2. The molecule has 7 rings (SSSR count). The molecule has 0 saturated carbocycles. The van der Waals surface area contributed by atoms with Gasteiger partial charge in [0.15, 0.2) is 6.54 Å². The van der Waals surface area contributed by atoms with Crippen LogP contribution in [0.25, 0.3) is 15.8 Å². The molecule has 0 bridgehead atoms. The predicted octanol–water partition coefficient (Wildman–Crippen LogP) is 4.70. The molecule has 7 heteroatoms. The van der Waals surface area contributed by atoms with Crippen LogP contribution in [0.1, 0.15) is 31.2 Å². The van der Waals surface area contributed by atoms with Crippen LogP contribution in [-0.2, 0) is 11.3 Å². The minimum Gasteiger partial charge on any atom is -0.335 e. The smallest absolute Gasteiger partial charge is 0.267 e. The van der Waals surface area contributed by atoms with Crippen molar-refractivity contribution < 1.29 is 9.36 Å². The Morgan fingerprint density at radius 1 is 1.12 bits per heavy atom. The number of thioether (sulfide) groups is 1. The molecule has 3 aromatic rings. The Labute approximate surface area is 201 Å². The number of fused-ring (bicyclic) bond motifs is 9. The first-order valence-electron chi connectivity index (χ1n) is 11.7. The molecule has 2 aromatic carbocycles. The minimum absolute atomic E-state index is 0.0974. The molecule has 1 aromatic heterocycles. The van der Waals surface area contributed by atoms with E-state index >= 15 is 0 Å². The van der Waals surface area contributed by atoms with Gasteiger partial charge >= 0.3 is 0 Å². The molecule has 33 heavy (non-hydrogen) atoms. The first-order valence-corrected chi connectivity index (χ1v) is 13.4. The maximum atomic E-state index is 12.6. The number of hydrogen-bond donors (Lipinski definition) is 1. The maximum absolute atomic E-state index is 12.6. The highest BCUT2D eigenvalue weighted by Gasteiger charge is 2.47. The second-order valence-electron chi connectivity index (χ2n) is 9.01. The van der Waals surface area contributed by atoms with Crippen molar-refractivity contribution in [1.82, 2.24) is 10.4 Å². The largest absolute Gasteiger partial charge is 0.335 e. The molecule has 0 radical (unpaired) electrons. The number of nitrogens with zero attached hydrogens (tertiary/aromatic N) is 3. The summed E-state index contributed by atoms with van der Waals surface area (Å²) in [4.78, 5) is 16.4. The van der Waals surface area contributed by atoms with E-state index in [1.54, 1.807) is 0 Å². The zero-order chi connectivity index (χ0) is 22.1. The lowest BCUT2D eigenvalue weighted by molar-refractivity contribution is -0.673. The fourth-order valence-corrected chi connectivity index (χ4v) is 8.20. The Bertz CT molecular complexity index is 1370. The summed E-state index contributed by atoms with van der Waals surface area (Å²) in [5.74, 6) is 0.0974. The molecule has 1 amide bonds. The number of aryl methyl sites for hydroxylation is 1. The van der Waals surface area contributed by atoms with Crippen molar-refractivity contribution in [2.45, 2.75) is 49.7 Å². The number of thiazole rings is 1. The average Bonchev–Trinajstić information content (AvgIpc) is 3.42. The van der Waals surface area contributed by atoms with Crippen LogP contribution in [0.15, 0.2) is 70.1 Å². The molecular weight excluding hydrogens is 448 g/mol. The number of hydrazine groups is 1. The molecule has 166 valence electrons. The zero-order valence-electron chi connectivity index (χ0n) is 18.5. The van der Waals surface area contributed by atoms with Crippen LogP contribution in [-0.4, -0.2) is 29.5 Å². The third-order valence-corrected chi connectivity index (χ3v) is 9.67. The predicted molar refractivity (Wildman–Crippen MR) is 134 cm³/mol. The van der Waals surface area contributed by atoms with Gasteiger partial charge in [0, 0.05) is 35.9 Å². The SMILES string of the molecule is CCC(=O)NN1C2CC[n+]3c(sc4ccccc43)C2=CC2=C3Sc4ccccc4N3CCC21. The van der Waals surface area contributed by atoms with Gasteiger partial charge in [0.05, 0.1) is 28.4 Å². The molecule has 0 fully saturated rings. The van der Waals surface area contributed by atoms with Gasteiger partial charge in [-0.2, -0.15) is 4.57 Å². The summed E-state index contributed by atoms with van der Waals surface area (Å²) in [5, 5.41) is 4.96. The van der Waals surface area contributed by atoms with Crippen LogP contribution in [0.4, 0.5) is 5.69 Å². The van der Waals surface area contributed by atoms with Crippen LogP contribution in [0, 0.1) is 0 Å². The summed E-state index contributed by atoms with van der Waals surface area (Å²) in [7, 11) is 0. The standard InChI is InChI=1S/C26H24N4OS2/c1-2-24(31)27-30-18-11-13-28-20-7-3-5-9-22(20)32-25(28)16(18)15-17-19(30)12-14-29-21-8-4-6-10-23(21)33-26(17)29/h3-10,15,18-19H,2,11-14H2,1H3/p+1. The maximum Gasteiger partial charge on any atom is 0.267 e. The fourth-order valence-electron chi connectivity index (χ4n) is 5.70. The van der Waals surface area contributed by atoms with E-state index in [2.05, 4.69) is 74.5 Å². The van der Waals surface area contributed by atoms with E-state index in [0.717, 1.165) is 25.9 Å². The van der Waals surface area contributed by atoms with Gasteiger partial charge in [0.2, 0.25) is 11.4 Å². The summed E-state index contributed by atoms with van der Waals surface area (Å²) >= 11 is 3.75.